The van der Waals surface area contributed by atoms with Gasteiger partial charge >= 0.3 is 5.97 Å². The summed E-state index contributed by atoms with van der Waals surface area (Å²) in [6.45, 7) is 10.5. The molecule has 6 nitrogen and oxygen atoms in total. The molecule has 0 spiro atoms. The highest BCUT2D eigenvalue weighted by atomic mass is 16.5. The number of nitrogens with zero attached hydrogens (tertiary/aromatic N) is 1. The third-order valence-electron chi connectivity index (χ3n) is 3.93. The number of carbonyl (C=O) groups excluding carboxylic acids is 1. The molecule has 1 saturated carbocycles. The van der Waals surface area contributed by atoms with Crippen molar-refractivity contribution in [1.29, 1.82) is 0 Å². The molecule has 0 radical (unpaired) electrons. The first-order chi connectivity index (χ1) is 12.0. The zero-order valence-electron chi connectivity index (χ0n) is 15.7. The fraction of sp³-hybridized carbons (Fsp3) is 0.579. The molecule has 0 heterocycles. The van der Waals surface area contributed by atoms with Crippen molar-refractivity contribution in [2.75, 3.05) is 13.2 Å². The topological polar surface area (TPSA) is 88.7 Å². The second-order valence-electron chi connectivity index (χ2n) is 6.10. The van der Waals surface area contributed by atoms with Crippen LogP contribution in [-0.4, -0.2) is 31.0 Å². The Morgan fingerprint density at radius 1 is 1.28 bits per heavy atom. The quantitative estimate of drug-likeness (QED) is 0.206. The van der Waals surface area contributed by atoms with Crippen LogP contribution in [0.5, 0.6) is 0 Å². The fourth-order valence-electron chi connectivity index (χ4n) is 2.73. The molecule has 1 aliphatic rings. The van der Waals surface area contributed by atoms with Crippen molar-refractivity contribution in [3.8, 4) is 0 Å². The molecule has 0 atom stereocenters. The Hall–Kier alpha value is -2.24. The summed E-state index contributed by atoms with van der Waals surface area (Å²) in [5.41, 5.74) is 7.31. The van der Waals surface area contributed by atoms with Crippen molar-refractivity contribution in [2.45, 2.75) is 58.9 Å². The average Bonchev–Trinajstić information content (AvgIpc) is 2.56. The van der Waals surface area contributed by atoms with E-state index in [1.165, 1.54) is 25.3 Å². The number of hydrogen-bond acceptors (Lipinski definition) is 5. The number of aliphatic imine (C=N–C) groups is 1. The summed E-state index contributed by atoms with van der Waals surface area (Å²) < 4.78 is 4.94. The molecule has 0 unspecified atom stereocenters. The van der Waals surface area contributed by atoms with Crippen molar-refractivity contribution in [3.05, 3.63) is 35.8 Å². The lowest BCUT2D eigenvalue weighted by Gasteiger charge is -2.25. The van der Waals surface area contributed by atoms with Crippen LogP contribution in [0.4, 0.5) is 0 Å². The Balaban J connectivity index is 3.05. The van der Waals surface area contributed by atoms with Gasteiger partial charge in [-0.25, -0.2) is 9.79 Å². The van der Waals surface area contributed by atoms with E-state index < -0.39 is 5.97 Å². The summed E-state index contributed by atoms with van der Waals surface area (Å²) >= 11 is 0. The van der Waals surface area contributed by atoms with Gasteiger partial charge in [0.15, 0.2) is 0 Å². The highest BCUT2D eigenvalue weighted by Crippen LogP contribution is 2.18. The maximum atomic E-state index is 11.6. The van der Waals surface area contributed by atoms with Gasteiger partial charge in [0.2, 0.25) is 0 Å². The van der Waals surface area contributed by atoms with Gasteiger partial charge in [0.05, 0.1) is 6.61 Å². The van der Waals surface area contributed by atoms with E-state index in [0.717, 1.165) is 19.4 Å². The molecular formula is C19H32N4O2. The van der Waals surface area contributed by atoms with Crippen LogP contribution < -0.4 is 16.4 Å². The van der Waals surface area contributed by atoms with Gasteiger partial charge in [-0.1, -0.05) is 25.8 Å². The maximum Gasteiger partial charge on any atom is 0.330 e. The largest absolute Gasteiger partial charge is 0.463 e. The van der Waals surface area contributed by atoms with Gasteiger partial charge in [-0.05, 0) is 39.7 Å². The predicted molar refractivity (Wildman–Crippen MR) is 103 cm³/mol. The highest BCUT2D eigenvalue weighted by molar-refractivity contribution is 6.03. The van der Waals surface area contributed by atoms with Gasteiger partial charge in [0.1, 0.15) is 11.7 Å². The Labute approximate surface area is 151 Å². The molecule has 1 aliphatic carbocycles. The number of amidine groups is 1. The number of nitrogens with two attached hydrogens (primary N) is 1. The molecule has 0 aromatic carbocycles. The van der Waals surface area contributed by atoms with Gasteiger partial charge in [-0.3, -0.25) is 0 Å². The van der Waals surface area contributed by atoms with E-state index in [0.29, 0.717) is 35.6 Å². The zero-order chi connectivity index (χ0) is 18.7. The number of allylic oxidation sites excluding steroid dienone is 1. The van der Waals surface area contributed by atoms with Gasteiger partial charge in [0.25, 0.3) is 0 Å². The SMILES string of the molecule is C=C(/N=C(/NC1CCCCC1)C(/C=C/C(=O)OCC)=C(C)N)NCC. The molecule has 0 saturated heterocycles. The van der Waals surface area contributed by atoms with Crippen molar-refractivity contribution < 1.29 is 9.53 Å². The van der Waals surface area contributed by atoms with Crippen LogP contribution in [0.2, 0.25) is 0 Å². The molecular weight excluding hydrogens is 316 g/mol. The molecule has 6 heteroatoms. The van der Waals surface area contributed by atoms with Crippen molar-refractivity contribution in [3.63, 3.8) is 0 Å². The summed E-state index contributed by atoms with van der Waals surface area (Å²) in [6, 6.07) is 0.354. The maximum absolute atomic E-state index is 11.6. The van der Waals surface area contributed by atoms with Crippen molar-refractivity contribution >= 4 is 11.8 Å². The molecule has 0 aromatic heterocycles. The van der Waals surface area contributed by atoms with E-state index in [-0.39, 0.29) is 0 Å². The lowest BCUT2D eigenvalue weighted by Crippen LogP contribution is -2.38. The Kier molecular flexibility index (Phi) is 9.43. The number of carbonyl (C=O) groups is 1. The number of hydrogen-bond donors (Lipinski definition) is 3. The zero-order valence-corrected chi connectivity index (χ0v) is 15.7. The minimum Gasteiger partial charge on any atom is -0.463 e. The fourth-order valence-corrected chi connectivity index (χ4v) is 2.73. The van der Waals surface area contributed by atoms with Crippen LogP contribution >= 0.6 is 0 Å². The van der Waals surface area contributed by atoms with Crippen molar-refractivity contribution in [1.82, 2.24) is 10.6 Å². The molecule has 0 bridgehead atoms. The summed E-state index contributed by atoms with van der Waals surface area (Å²) in [5, 5.41) is 6.58. The lowest BCUT2D eigenvalue weighted by atomic mass is 9.95. The third kappa shape index (κ3) is 7.92. The molecule has 4 N–H and O–H groups in total. The number of rotatable bonds is 8. The monoisotopic (exact) mass is 348 g/mol. The molecule has 25 heavy (non-hydrogen) atoms. The Morgan fingerprint density at radius 3 is 2.52 bits per heavy atom. The molecule has 0 aromatic rings. The first-order valence-corrected chi connectivity index (χ1v) is 9.07. The second-order valence-corrected chi connectivity index (χ2v) is 6.10. The number of nitrogens with one attached hydrogen (secondary N) is 2. The lowest BCUT2D eigenvalue weighted by molar-refractivity contribution is -0.137. The molecule has 1 fully saturated rings. The minimum absolute atomic E-state index is 0.336. The average molecular weight is 348 g/mol. The predicted octanol–water partition coefficient (Wildman–Crippen LogP) is 2.74. The molecule has 0 amide bonds. The standard InChI is InChI=1S/C19H32N4O2/c1-5-21-15(4)22-19(23-16-10-8-7-9-11-16)17(14(3)20)12-13-18(24)25-6-2/h12-13,16,21H,4-11,20H2,1-3H3,(H,22,23)/b13-12+,17-14?. The summed E-state index contributed by atoms with van der Waals surface area (Å²) in [5.74, 6) is 0.797. The van der Waals surface area contributed by atoms with E-state index in [4.69, 9.17) is 10.5 Å². The smallest absolute Gasteiger partial charge is 0.330 e. The normalized spacial score (nSPS) is 17.2. The molecule has 0 aliphatic heterocycles. The first kappa shape index (κ1) is 20.8. The highest BCUT2D eigenvalue weighted by Gasteiger charge is 2.17. The van der Waals surface area contributed by atoms with Gasteiger partial charge < -0.3 is 21.1 Å². The van der Waals surface area contributed by atoms with Gasteiger partial charge in [0, 0.05) is 29.9 Å². The van der Waals surface area contributed by atoms with Crippen LogP contribution in [0.25, 0.3) is 0 Å². The Morgan fingerprint density at radius 2 is 1.96 bits per heavy atom. The van der Waals surface area contributed by atoms with Crippen LogP contribution in [0, 0.1) is 0 Å². The van der Waals surface area contributed by atoms with Gasteiger partial charge in [-0.15, -0.1) is 0 Å². The van der Waals surface area contributed by atoms with E-state index in [9.17, 15) is 4.79 Å². The summed E-state index contributed by atoms with van der Waals surface area (Å²) in [6.07, 6.45) is 8.92. The van der Waals surface area contributed by atoms with Crippen molar-refractivity contribution in [2.24, 2.45) is 10.7 Å². The van der Waals surface area contributed by atoms with Crippen LogP contribution in [0.15, 0.2) is 40.8 Å². The molecule has 1 rings (SSSR count). The van der Waals surface area contributed by atoms with Crippen LogP contribution in [0.1, 0.15) is 52.9 Å². The Bertz CT molecular complexity index is 540. The van der Waals surface area contributed by atoms with E-state index in [1.54, 1.807) is 19.9 Å². The summed E-state index contributed by atoms with van der Waals surface area (Å²) in [7, 11) is 0. The number of ether oxygens (including phenoxy) is 1. The summed E-state index contributed by atoms with van der Waals surface area (Å²) in [4.78, 5) is 16.2. The van der Waals surface area contributed by atoms with E-state index in [1.807, 2.05) is 6.92 Å². The third-order valence-corrected chi connectivity index (χ3v) is 3.93. The van der Waals surface area contributed by atoms with E-state index in [2.05, 4.69) is 22.2 Å². The molecule has 140 valence electrons. The minimum atomic E-state index is -0.399. The van der Waals surface area contributed by atoms with Gasteiger partial charge in [-0.2, -0.15) is 0 Å². The number of esters is 1. The first-order valence-electron chi connectivity index (χ1n) is 9.07. The van der Waals surface area contributed by atoms with Crippen LogP contribution in [-0.2, 0) is 9.53 Å². The van der Waals surface area contributed by atoms with E-state index >= 15 is 0 Å². The van der Waals surface area contributed by atoms with Crippen LogP contribution in [0.3, 0.4) is 0 Å². The second kappa shape index (κ2) is 11.3.